The van der Waals surface area contributed by atoms with Crippen molar-refractivity contribution in [2.45, 2.75) is 27.2 Å². The summed E-state index contributed by atoms with van der Waals surface area (Å²) in [6.45, 7) is 7.55. The molecule has 1 unspecified atom stereocenters. The number of nitrogens with zero attached hydrogens (tertiary/aromatic N) is 2. The molecular weight excluding hydrogens is 188 g/mol. The standard InChI is InChI=1S/C11H18N4/c1-7-5-14-10(12)15-9(7)13-6-8-4-11(8,2)3/h5,8H,4,6H2,1-3H3,(H3,12,13,14,15). The monoisotopic (exact) mass is 206 g/mol. The van der Waals surface area contributed by atoms with Gasteiger partial charge in [-0.05, 0) is 24.7 Å². The van der Waals surface area contributed by atoms with Crippen molar-refractivity contribution in [3.8, 4) is 0 Å². The van der Waals surface area contributed by atoms with Crippen molar-refractivity contribution < 1.29 is 0 Å². The van der Waals surface area contributed by atoms with E-state index in [0.29, 0.717) is 11.4 Å². The van der Waals surface area contributed by atoms with Gasteiger partial charge in [-0.15, -0.1) is 0 Å². The summed E-state index contributed by atoms with van der Waals surface area (Å²) >= 11 is 0. The maximum Gasteiger partial charge on any atom is 0.221 e. The van der Waals surface area contributed by atoms with Crippen LogP contribution in [0, 0.1) is 18.3 Å². The Balaban J connectivity index is 1.96. The summed E-state index contributed by atoms with van der Waals surface area (Å²) in [4.78, 5) is 8.11. The van der Waals surface area contributed by atoms with Crippen LogP contribution in [0.2, 0.25) is 0 Å². The third kappa shape index (κ3) is 2.19. The summed E-state index contributed by atoms with van der Waals surface area (Å²) < 4.78 is 0. The van der Waals surface area contributed by atoms with Gasteiger partial charge in [0.05, 0.1) is 0 Å². The highest BCUT2D eigenvalue weighted by Crippen LogP contribution is 2.51. The Hall–Kier alpha value is -1.32. The molecule has 1 heterocycles. The second kappa shape index (κ2) is 3.36. The van der Waals surface area contributed by atoms with E-state index in [1.807, 2.05) is 6.92 Å². The average Bonchev–Trinajstić information content (AvgIpc) is 2.76. The molecule has 4 heteroatoms. The Bertz CT molecular complexity index is 373. The second-order valence-electron chi connectivity index (χ2n) is 5.03. The first-order chi connectivity index (χ1) is 6.99. The lowest BCUT2D eigenvalue weighted by Crippen LogP contribution is -2.10. The number of nitrogens with two attached hydrogens (primary N) is 1. The molecule has 0 radical (unpaired) electrons. The molecule has 1 aliphatic carbocycles. The molecule has 15 heavy (non-hydrogen) atoms. The van der Waals surface area contributed by atoms with Gasteiger partial charge >= 0.3 is 0 Å². The molecule has 1 saturated carbocycles. The highest BCUT2D eigenvalue weighted by molar-refractivity contribution is 5.45. The fourth-order valence-corrected chi connectivity index (χ4v) is 1.78. The lowest BCUT2D eigenvalue weighted by molar-refractivity contribution is 0.572. The van der Waals surface area contributed by atoms with Gasteiger partial charge in [0.25, 0.3) is 0 Å². The Morgan fingerprint density at radius 3 is 2.87 bits per heavy atom. The summed E-state index contributed by atoms with van der Waals surface area (Å²) in [6, 6.07) is 0. The van der Waals surface area contributed by atoms with E-state index in [4.69, 9.17) is 5.73 Å². The number of rotatable bonds is 3. The number of hydrogen-bond acceptors (Lipinski definition) is 4. The smallest absolute Gasteiger partial charge is 0.221 e. The van der Waals surface area contributed by atoms with Crippen LogP contribution in [0.3, 0.4) is 0 Å². The second-order valence-corrected chi connectivity index (χ2v) is 5.03. The molecule has 0 amide bonds. The van der Waals surface area contributed by atoms with Crippen LogP contribution in [0.25, 0.3) is 0 Å². The molecule has 0 aromatic carbocycles. The van der Waals surface area contributed by atoms with Crippen LogP contribution in [0.15, 0.2) is 6.20 Å². The molecule has 2 rings (SSSR count). The fraction of sp³-hybridized carbons (Fsp3) is 0.636. The number of hydrogen-bond donors (Lipinski definition) is 2. The van der Waals surface area contributed by atoms with Crippen molar-refractivity contribution in [1.82, 2.24) is 9.97 Å². The topological polar surface area (TPSA) is 63.8 Å². The molecule has 1 aromatic heterocycles. The number of nitrogen functional groups attached to an aromatic ring is 1. The molecule has 1 atom stereocenters. The van der Waals surface area contributed by atoms with E-state index in [-0.39, 0.29) is 0 Å². The Morgan fingerprint density at radius 1 is 1.60 bits per heavy atom. The maximum atomic E-state index is 5.54. The van der Waals surface area contributed by atoms with Crippen LogP contribution in [0.5, 0.6) is 0 Å². The zero-order valence-corrected chi connectivity index (χ0v) is 9.54. The summed E-state index contributed by atoms with van der Waals surface area (Å²) in [5, 5.41) is 3.34. The van der Waals surface area contributed by atoms with E-state index in [9.17, 15) is 0 Å². The molecular formula is C11H18N4. The third-order valence-electron chi connectivity index (χ3n) is 3.22. The van der Waals surface area contributed by atoms with Gasteiger partial charge in [0, 0.05) is 18.3 Å². The molecule has 4 nitrogen and oxygen atoms in total. The van der Waals surface area contributed by atoms with E-state index >= 15 is 0 Å². The Kier molecular flexibility index (Phi) is 2.29. The highest BCUT2D eigenvalue weighted by Gasteiger charge is 2.45. The van der Waals surface area contributed by atoms with E-state index in [0.717, 1.165) is 23.8 Å². The SMILES string of the molecule is Cc1cnc(N)nc1NCC1CC1(C)C. The Labute approximate surface area is 90.3 Å². The van der Waals surface area contributed by atoms with Crippen LogP contribution in [0.4, 0.5) is 11.8 Å². The van der Waals surface area contributed by atoms with Crippen LogP contribution >= 0.6 is 0 Å². The van der Waals surface area contributed by atoms with E-state index in [1.165, 1.54) is 6.42 Å². The quantitative estimate of drug-likeness (QED) is 0.792. The maximum absolute atomic E-state index is 5.54. The summed E-state index contributed by atoms with van der Waals surface area (Å²) in [5.41, 5.74) is 7.08. The number of anilines is 2. The molecule has 1 aromatic rings. The predicted molar refractivity (Wildman–Crippen MR) is 61.6 cm³/mol. The number of nitrogens with one attached hydrogen (secondary N) is 1. The van der Waals surface area contributed by atoms with Gasteiger partial charge in [0.2, 0.25) is 5.95 Å². The first-order valence-electron chi connectivity index (χ1n) is 5.32. The van der Waals surface area contributed by atoms with Crippen molar-refractivity contribution in [1.29, 1.82) is 0 Å². The first-order valence-corrected chi connectivity index (χ1v) is 5.32. The minimum Gasteiger partial charge on any atom is -0.369 e. The van der Waals surface area contributed by atoms with Crippen LogP contribution in [0.1, 0.15) is 25.8 Å². The molecule has 1 aliphatic rings. The molecule has 1 fully saturated rings. The molecule has 0 saturated heterocycles. The molecule has 3 N–H and O–H groups in total. The fourth-order valence-electron chi connectivity index (χ4n) is 1.78. The van der Waals surface area contributed by atoms with Gasteiger partial charge in [0.1, 0.15) is 5.82 Å². The zero-order valence-electron chi connectivity index (χ0n) is 9.54. The zero-order chi connectivity index (χ0) is 11.1. The molecule has 0 aliphatic heterocycles. The van der Waals surface area contributed by atoms with Gasteiger partial charge in [-0.2, -0.15) is 4.98 Å². The van der Waals surface area contributed by atoms with Crippen molar-refractivity contribution >= 4 is 11.8 Å². The number of aryl methyl sites for hydroxylation is 1. The predicted octanol–water partition coefficient (Wildman–Crippen LogP) is 1.83. The summed E-state index contributed by atoms with van der Waals surface area (Å²) in [6.07, 6.45) is 3.04. The Morgan fingerprint density at radius 2 is 2.27 bits per heavy atom. The largest absolute Gasteiger partial charge is 0.369 e. The van der Waals surface area contributed by atoms with Gasteiger partial charge in [0.15, 0.2) is 0 Å². The lowest BCUT2D eigenvalue weighted by Gasteiger charge is -2.09. The van der Waals surface area contributed by atoms with E-state index in [1.54, 1.807) is 6.20 Å². The molecule has 82 valence electrons. The summed E-state index contributed by atoms with van der Waals surface area (Å²) in [5.74, 6) is 1.96. The average molecular weight is 206 g/mol. The van der Waals surface area contributed by atoms with Crippen molar-refractivity contribution in [2.75, 3.05) is 17.6 Å². The minimum absolute atomic E-state index is 0.332. The minimum atomic E-state index is 0.332. The van der Waals surface area contributed by atoms with E-state index in [2.05, 4.69) is 29.1 Å². The van der Waals surface area contributed by atoms with Crippen LogP contribution in [-0.4, -0.2) is 16.5 Å². The van der Waals surface area contributed by atoms with Crippen molar-refractivity contribution in [2.24, 2.45) is 11.3 Å². The lowest BCUT2D eigenvalue weighted by atomic mass is 10.1. The van der Waals surface area contributed by atoms with Gasteiger partial charge < -0.3 is 11.1 Å². The summed E-state index contributed by atoms with van der Waals surface area (Å²) in [7, 11) is 0. The number of aromatic nitrogens is 2. The van der Waals surface area contributed by atoms with Gasteiger partial charge in [-0.3, -0.25) is 0 Å². The third-order valence-corrected chi connectivity index (χ3v) is 3.22. The van der Waals surface area contributed by atoms with E-state index < -0.39 is 0 Å². The van der Waals surface area contributed by atoms with Crippen molar-refractivity contribution in [3.05, 3.63) is 11.8 Å². The normalized spacial score (nSPS) is 22.5. The van der Waals surface area contributed by atoms with Gasteiger partial charge in [-0.25, -0.2) is 4.98 Å². The van der Waals surface area contributed by atoms with Crippen LogP contribution < -0.4 is 11.1 Å². The molecule has 0 bridgehead atoms. The van der Waals surface area contributed by atoms with Crippen molar-refractivity contribution in [3.63, 3.8) is 0 Å². The first kappa shape index (κ1) is 10.2. The molecule has 0 spiro atoms. The van der Waals surface area contributed by atoms with Gasteiger partial charge in [-0.1, -0.05) is 13.8 Å². The van der Waals surface area contributed by atoms with Crippen LogP contribution in [-0.2, 0) is 0 Å². The highest BCUT2D eigenvalue weighted by atomic mass is 15.1.